The van der Waals surface area contributed by atoms with Crippen molar-refractivity contribution < 1.29 is 0 Å². The first-order valence-electron chi connectivity index (χ1n) is 13.7. The Balaban J connectivity index is 1.45. The zero-order valence-electron chi connectivity index (χ0n) is 20.9. The van der Waals surface area contributed by atoms with Gasteiger partial charge in [0.05, 0.1) is 0 Å². The number of benzene rings is 2. The standard InChI is InChI=1S/C32H46/c1-3-5-7-9-11-13-27-15-19-29(20-16-27)31-23-25-32(26-24-31)30-21-17-28(18-22-30)14-12-10-8-6-4-2/h15-16,19-21,23-26,28H,3-14,17-18,22H2,1-2H3. The molecule has 1 atom stereocenters. The summed E-state index contributed by atoms with van der Waals surface area (Å²) < 4.78 is 0. The minimum atomic E-state index is 0.921. The molecular weight excluding hydrogens is 384 g/mol. The van der Waals surface area contributed by atoms with Gasteiger partial charge in [-0.25, -0.2) is 0 Å². The van der Waals surface area contributed by atoms with E-state index in [9.17, 15) is 0 Å². The second-order valence-corrected chi connectivity index (χ2v) is 10.0. The van der Waals surface area contributed by atoms with Crippen molar-refractivity contribution in [3.8, 4) is 11.1 Å². The van der Waals surface area contributed by atoms with Crippen molar-refractivity contribution in [3.05, 3.63) is 65.7 Å². The molecule has 1 aliphatic carbocycles. The van der Waals surface area contributed by atoms with Crippen LogP contribution in [0.15, 0.2) is 54.6 Å². The van der Waals surface area contributed by atoms with Crippen LogP contribution in [0.5, 0.6) is 0 Å². The van der Waals surface area contributed by atoms with Gasteiger partial charge in [0.1, 0.15) is 0 Å². The van der Waals surface area contributed by atoms with Crippen LogP contribution >= 0.6 is 0 Å². The first kappa shape index (κ1) is 24.8. The monoisotopic (exact) mass is 430 g/mol. The number of rotatable bonds is 14. The van der Waals surface area contributed by atoms with Crippen LogP contribution in [0.2, 0.25) is 0 Å². The topological polar surface area (TPSA) is 0 Å². The lowest BCUT2D eigenvalue weighted by atomic mass is 9.83. The molecule has 0 radical (unpaired) electrons. The Labute approximate surface area is 198 Å². The van der Waals surface area contributed by atoms with Crippen LogP contribution in [-0.2, 0) is 6.42 Å². The summed E-state index contributed by atoms with van der Waals surface area (Å²) in [5.74, 6) is 0.921. The molecule has 3 rings (SSSR count). The van der Waals surface area contributed by atoms with Gasteiger partial charge < -0.3 is 0 Å². The highest BCUT2D eigenvalue weighted by molar-refractivity contribution is 5.71. The molecular formula is C32H46. The van der Waals surface area contributed by atoms with Crippen LogP contribution < -0.4 is 0 Å². The maximum Gasteiger partial charge on any atom is -0.0184 e. The zero-order chi connectivity index (χ0) is 22.4. The highest BCUT2D eigenvalue weighted by Gasteiger charge is 2.15. The molecule has 2 aromatic rings. The van der Waals surface area contributed by atoms with Gasteiger partial charge in [-0.2, -0.15) is 0 Å². The van der Waals surface area contributed by atoms with Crippen molar-refractivity contribution in [2.24, 2.45) is 5.92 Å². The average molecular weight is 431 g/mol. The fourth-order valence-electron chi connectivity index (χ4n) is 5.12. The molecule has 32 heavy (non-hydrogen) atoms. The van der Waals surface area contributed by atoms with E-state index in [1.165, 1.54) is 119 Å². The zero-order valence-corrected chi connectivity index (χ0v) is 20.9. The maximum absolute atomic E-state index is 2.53. The van der Waals surface area contributed by atoms with E-state index in [4.69, 9.17) is 0 Å². The van der Waals surface area contributed by atoms with E-state index in [0.29, 0.717) is 0 Å². The van der Waals surface area contributed by atoms with E-state index in [1.807, 2.05) is 0 Å². The van der Waals surface area contributed by atoms with Crippen molar-refractivity contribution in [1.82, 2.24) is 0 Å². The molecule has 0 saturated heterocycles. The van der Waals surface area contributed by atoms with E-state index < -0.39 is 0 Å². The summed E-state index contributed by atoms with van der Waals surface area (Å²) >= 11 is 0. The van der Waals surface area contributed by atoms with Gasteiger partial charge in [0.15, 0.2) is 0 Å². The molecule has 174 valence electrons. The van der Waals surface area contributed by atoms with Crippen LogP contribution in [-0.4, -0.2) is 0 Å². The van der Waals surface area contributed by atoms with Gasteiger partial charge in [0.2, 0.25) is 0 Å². The fourth-order valence-corrected chi connectivity index (χ4v) is 5.12. The van der Waals surface area contributed by atoms with Gasteiger partial charge in [0.25, 0.3) is 0 Å². The first-order valence-corrected chi connectivity index (χ1v) is 13.7. The molecule has 1 unspecified atom stereocenters. The van der Waals surface area contributed by atoms with Crippen LogP contribution in [0.4, 0.5) is 0 Å². The Morgan fingerprint density at radius 2 is 1.19 bits per heavy atom. The lowest BCUT2D eigenvalue weighted by Gasteiger charge is -2.22. The Hall–Kier alpha value is -1.82. The van der Waals surface area contributed by atoms with E-state index in [0.717, 1.165) is 5.92 Å². The first-order chi connectivity index (χ1) is 15.8. The summed E-state index contributed by atoms with van der Waals surface area (Å²) in [4.78, 5) is 0. The van der Waals surface area contributed by atoms with Gasteiger partial charge in [0, 0.05) is 0 Å². The van der Waals surface area contributed by atoms with E-state index >= 15 is 0 Å². The molecule has 0 bridgehead atoms. The molecule has 0 spiro atoms. The Kier molecular flexibility index (Phi) is 11.1. The Bertz CT molecular complexity index is 778. The third kappa shape index (κ3) is 8.27. The van der Waals surface area contributed by atoms with E-state index in [1.54, 1.807) is 5.57 Å². The van der Waals surface area contributed by atoms with Gasteiger partial charge in [-0.05, 0) is 65.8 Å². The quantitative estimate of drug-likeness (QED) is 0.261. The van der Waals surface area contributed by atoms with Crippen LogP contribution in [0.25, 0.3) is 16.7 Å². The lowest BCUT2D eigenvalue weighted by Crippen LogP contribution is -2.05. The molecule has 1 aliphatic rings. The number of unbranched alkanes of at least 4 members (excludes halogenated alkanes) is 8. The number of allylic oxidation sites excluding steroid dienone is 2. The fraction of sp³-hybridized carbons (Fsp3) is 0.562. The second kappa shape index (κ2) is 14.4. The highest BCUT2D eigenvalue weighted by atomic mass is 14.2. The minimum absolute atomic E-state index is 0.921. The summed E-state index contributed by atoms with van der Waals surface area (Å²) in [6.07, 6.45) is 22.9. The van der Waals surface area contributed by atoms with Crippen molar-refractivity contribution >= 4 is 5.57 Å². The largest absolute Gasteiger partial charge is 0.0804 e. The molecule has 0 N–H and O–H groups in total. The van der Waals surface area contributed by atoms with Crippen molar-refractivity contribution in [2.45, 2.75) is 110 Å². The number of hydrogen-bond acceptors (Lipinski definition) is 0. The minimum Gasteiger partial charge on any atom is -0.0804 e. The summed E-state index contributed by atoms with van der Waals surface area (Å²) in [6, 6.07) is 18.6. The van der Waals surface area contributed by atoms with Gasteiger partial charge in [-0.3, -0.25) is 0 Å². The van der Waals surface area contributed by atoms with Crippen LogP contribution in [0, 0.1) is 5.92 Å². The van der Waals surface area contributed by atoms with Gasteiger partial charge in [-0.1, -0.05) is 133 Å². The number of hydrogen-bond donors (Lipinski definition) is 0. The Morgan fingerprint density at radius 1 is 0.625 bits per heavy atom. The average Bonchev–Trinajstić information content (AvgIpc) is 2.85. The van der Waals surface area contributed by atoms with Gasteiger partial charge in [-0.15, -0.1) is 0 Å². The maximum atomic E-state index is 2.53. The van der Waals surface area contributed by atoms with Crippen LogP contribution in [0.1, 0.15) is 115 Å². The molecule has 0 nitrogen and oxygen atoms in total. The third-order valence-corrected chi connectivity index (χ3v) is 7.35. The molecule has 0 heteroatoms. The highest BCUT2D eigenvalue weighted by Crippen LogP contribution is 2.33. The molecule has 2 aromatic carbocycles. The summed E-state index contributed by atoms with van der Waals surface area (Å²) in [6.45, 7) is 4.58. The number of aryl methyl sites for hydroxylation is 1. The molecule has 0 aromatic heterocycles. The molecule has 0 amide bonds. The predicted molar refractivity (Wildman–Crippen MR) is 143 cm³/mol. The Morgan fingerprint density at radius 3 is 1.78 bits per heavy atom. The van der Waals surface area contributed by atoms with Crippen molar-refractivity contribution in [3.63, 3.8) is 0 Å². The smallest absolute Gasteiger partial charge is 0.0184 e. The SMILES string of the molecule is CCCCCCCc1ccc(-c2ccc(C3=CCC(CCCCCCC)CC3)cc2)cc1. The third-order valence-electron chi connectivity index (χ3n) is 7.35. The van der Waals surface area contributed by atoms with E-state index in [2.05, 4.69) is 68.5 Å². The van der Waals surface area contributed by atoms with Crippen molar-refractivity contribution in [1.29, 1.82) is 0 Å². The normalized spacial score (nSPS) is 16.2. The summed E-state index contributed by atoms with van der Waals surface area (Å²) in [5.41, 5.74) is 7.15. The molecule has 0 aliphatic heterocycles. The van der Waals surface area contributed by atoms with E-state index in [-0.39, 0.29) is 0 Å². The summed E-state index contributed by atoms with van der Waals surface area (Å²) in [7, 11) is 0. The van der Waals surface area contributed by atoms with Gasteiger partial charge >= 0.3 is 0 Å². The molecule has 0 fully saturated rings. The molecule has 0 heterocycles. The second-order valence-electron chi connectivity index (χ2n) is 10.0. The molecule has 0 saturated carbocycles. The van der Waals surface area contributed by atoms with Crippen LogP contribution in [0.3, 0.4) is 0 Å². The summed E-state index contributed by atoms with van der Waals surface area (Å²) in [5, 5.41) is 0. The lowest BCUT2D eigenvalue weighted by molar-refractivity contribution is 0.423. The van der Waals surface area contributed by atoms with Crippen molar-refractivity contribution in [2.75, 3.05) is 0 Å². The predicted octanol–water partition coefficient (Wildman–Crippen LogP) is 10.4.